The smallest absolute Gasteiger partial charge is 0.313 e. The molecule has 3 rings (SSSR count). The molecular weight excluding hydrogens is 332 g/mol. The van der Waals surface area contributed by atoms with Gasteiger partial charge in [0.05, 0.1) is 0 Å². The maximum atomic E-state index is 12.2. The second-order valence-corrected chi connectivity index (χ2v) is 6.55. The Kier molecular flexibility index (Phi) is 4.13. The van der Waals surface area contributed by atoms with Crippen LogP contribution in [-0.2, 0) is 15.9 Å². The van der Waals surface area contributed by atoms with Crippen LogP contribution in [0.25, 0.3) is 11.3 Å². The Morgan fingerprint density at radius 3 is 2.46 bits per heavy atom. The average molecular weight is 346 g/mol. The maximum Gasteiger partial charge on any atom is 0.313 e. The molecule has 0 aliphatic carbocycles. The fraction of sp³-hybridized carbons (Fsp3) is 0.0625. The van der Waals surface area contributed by atoms with Crippen molar-refractivity contribution in [3.63, 3.8) is 0 Å². The lowest BCUT2D eigenvalue weighted by Gasteiger charge is -2.06. The van der Waals surface area contributed by atoms with Gasteiger partial charge in [-0.25, -0.2) is 0 Å². The molecule has 124 valence electrons. The molecule has 2 aromatic heterocycles. The van der Waals surface area contributed by atoms with Crippen molar-refractivity contribution in [1.29, 1.82) is 0 Å². The highest BCUT2D eigenvalue weighted by atomic mass is 32.2. The van der Waals surface area contributed by atoms with E-state index >= 15 is 0 Å². The van der Waals surface area contributed by atoms with E-state index in [2.05, 4.69) is 4.98 Å². The van der Waals surface area contributed by atoms with E-state index in [1.165, 1.54) is 12.4 Å². The number of nitrogens with two attached hydrogens (primary N) is 1. The number of aromatic nitrogens is 1. The third-order valence-corrected chi connectivity index (χ3v) is 4.31. The minimum Gasteiger partial charge on any atom is -0.501 e. The third-order valence-electron chi connectivity index (χ3n) is 3.21. The van der Waals surface area contributed by atoms with Crippen molar-refractivity contribution < 1.29 is 22.1 Å². The Morgan fingerprint density at radius 1 is 1.12 bits per heavy atom. The number of benzene rings is 1. The van der Waals surface area contributed by atoms with Crippen LogP contribution < -0.4 is 9.92 Å². The fourth-order valence-electron chi connectivity index (χ4n) is 2.14. The standard InChI is InChI=1S/C16H14N2O5S/c17-16-15(13(19)14(22-16)12-6-8-18-9-7-12)23-24(20,21)10-11-4-2-1-3-5-11/h1-9,19H,10,17H2. The van der Waals surface area contributed by atoms with Gasteiger partial charge < -0.3 is 19.4 Å². The summed E-state index contributed by atoms with van der Waals surface area (Å²) in [6.07, 6.45) is 3.00. The summed E-state index contributed by atoms with van der Waals surface area (Å²) in [5.41, 5.74) is 6.69. The summed E-state index contributed by atoms with van der Waals surface area (Å²) >= 11 is 0. The molecule has 24 heavy (non-hydrogen) atoms. The van der Waals surface area contributed by atoms with Crippen molar-refractivity contribution in [2.45, 2.75) is 5.75 Å². The van der Waals surface area contributed by atoms with Gasteiger partial charge in [0, 0.05) is 18.0 Å². The number of hydrogen-bond donors (Lipinski definition) is 2. The van der Waals surface area contributed by atoms with Gasteiger partial charge in [0.25, 0.3) is 0 Å². The number of aromatic hydroxyl groups is 1. The monoisotopic (exact) mass is 346 g/mol. The Labute approximate surface area is 138 Å². The summed E-state index contributed by atoms with van der Waals surface area (Å²) in [7, 11) is -4.01. The second-order valence-electron chi connectivity index (χ2n) is 4.98. The van der Waals surface area contributed by atoms with Crippen LogP contribution in [0.15, 0.2) is 59.3 Å². The number of rotatable bonds is 5. The zero-order valence-corrected chi connectivity index (χ0v) is 13.2. The molecule has 8 heteroatoms. The Morgan fingerprint density at radius 2 is 1.79 bits per heavy atom. The molecule has 0 aliphatic heterocycles. The highest BCUT2D eigenvalue weighted by Crippen LogP contribution is 2.45. The topological polar surface area (TPSA) is 116 Å². The molecule has 0 saturated heterocycles. The minimum absolute atomic E-state index is 0.0137. The molecule has 0 unspecified atom stereocenters. The first-order chi connectivity index (χ1) is 11.5. The highest BCUT2D eigenvalue weighted by Gasteiger charge is 2.26. The molecule has 0 bridgehead atoms. The first kappa shape index (κ1) is 15.9. The van der Waals surface area contributed by atoms with Crippen LogP contribution in [0, 0.1) is 0 Å². The van der Waals surface area contributed by atoms with Crippen LogP contribution in [0.1, 0.15) is 5.56 Å². The van der Waals surface area contributed by atoms with Gasteiger partial charge in [0.1, 0.15) is 5.75 Å². The number of nitrogens with zero attached hydrogens (tertiary/aromatic N) is 1. The first-order valence-electron chi connectivity index (χ1n) is 6.94. The lowest BCUT2D eigenvalue weighted by molar-refractivity contribution is 0.432. The van der Waals surface area contributed by atoms with E-state index in [1.54, 1.807) is 42.5 Å². The van der Waals surface area contributed by atoms with Crippen molar-refractivity contribution in [1.82, 2.24) is 4.98 Å². The molecule has 0 saturated carbocycles. The molecule has 0 spiro atoms. The lowest BCUT2D eigenvalue weighted by atomic mass is 10.2. The Hall–Kier alpha value is -3.00. The van der Waals surface area contributed by atoms with Gasteiger partial charge in [-0.05, 0) is 17.7 Å². The van der Waals surface area contributed by atoms with E-state index in [4.69, 9.17) is 14.3 Å². The number of pyridine rings is 1. The molecule has 0 amide bonds. The largest absolute Gasteiger partial charge is 0.501 e. The van der Waals surface area contributed by atoms with Gasteiger partial charge in [0.2, 0.25) is 17.4 Å². The molecule has 1 aromatic carbocycles. The molecular formula is C16H14N2O5S. The van der Waals surface area contributed by atoms with Gasteiger partial charge in [0.15, 0.2) is 5.76 Å². The Balaban J connectivity index is 1.89. The quantitative estimate of drug-likeness (QED) is 0.682. The van der Waals surface area contributed by atoms with Crippen molar-refractivity contribution >= 4 is 16.0 Å². The number of anilines is 1. The first-order valence-corrected chi connectivity index (χ1v) is 8.52. The molecule has 2 heterocycles. The second kappa shape index (κ2) is 6.25. The van der Waals surface area contributed by atoms with Crippen LogP contribution in [0.3, 0.4) is 0 Å². The summed E-state index contributed by atoms with van der Waals surface area (Å²) in [6.45, 7) is 0. The van der Waals surface area contributed by atoms with Crippen molar-refractivity contribution in [2.24, 2.45) is 0 Å². The van der Waals surface area contributed by atoms with Crippen LogP contribution >= 0.6 is 0 Å². The summed E-state index contributed by atoms with van der Waals surface area (Å²) in [6, 6.07) is 11.7. The SMILES string of the molecule is Nc1oc(-c2ccncc2)c(O)c1OS(=O)(=O)Cc1ccccc1. The van der Waals surface area contributed by atoms with Gasteiger partial charge in [-0.1, -0.05) is 30.3 Å². The summed E-state index contributed by atoms with van der Waals surface area (Å²) in [5, 5.41) is 10.2. The van der Waals surface area contributed by atoms with Crippen LogP contribution in [0.2, 0.25) is 0 Å². The van der Waals surface area contributed by atoms with E-state index in [9.17, 15) is 13.5 Å². The van der Waals surface area contributed by atoms with E-state index in [0.717, 1.165) is 0 Å². The van der Waals surface area contributed by atoms with Crippen LogP contribution in [-0.4, -0.2) is 18.5 Å². The number of hydrogen-bond acceptors (Lipinski definition) is 7. The number of furan rings is 1. The molecule has 3 aromatic rings. The molecule has 3 N–H and O–H groups in total. The molecule has 7 nitrogen and oxygen atoms in total. The van der Waals surface area contributed by atoms with E-state index in [-0.39, 0.29) is 17.4 Å². The average Bonchev–Trinajstić information content (AvgIpc) is 2.84. The molecule has 0 aliphatic rings. The zero-order chi connectivity index (χ0) is 17.2. The van der Waals surface area contributed by atoms with Gasteiger partial charge >= 0.3 is 10.1 Å². The highest BCUT2D eigenvalue weighted by molar-refractivity contribution is 7.86. The van der Waals surface area contributed by atoms with E-state index in [0.29, 0.717) is 11.1 Å². The lowest BCUT2D eigenvalue weighted by Crippen LogP contribution is -2.12. The summed E-state index contributed by atoms with van der Waals surface area (Å²) in [4.78, 5) is 3.85. The zero-order valence-electron chi connectivity index (χ0n) is 12.4. The van der Waals surface area contributed by atoms with E-state index < -0.39 is 21.6 Å². The van der Waals surface area contributed by atoms with Crippen molar-refractivity contribution in [3.05, 3.63) is 60.4 Å². The summed E-state index contributed by atoms with van der Waals surface area (Å²) in [5.74, 6) is -1.56. The molecule has 0 fully saturated rings. The van der Waals surface area contributed by atoms with Gasteiger partial charge in [-0.3, -0.25) is 4.98 Å². The van der Waals surface area contributed by atoms with Crippen LogP contribution in [0.5, 0.6) is 11.5 Å². The van der Waals surface area contributed by atoms with Crippen LogP contribution in [0.4, 0.5) is 5.88 Å². The number of nitrogen functional groups attached to an aromatic ring is 1. The van der Waals surface area contributed by atoms with Gasteiger partial charge in [-0.2, -0.15) is 8.42 Å². The Bertz CT molecular complexity index is 937. The minimum atomic E-state index is -4.01. The molecule has 0 atom stereocenters. The predicted molar refractivity (Wildman–Crippen MR) is 87.7 cm³/mol. The van der Waals surface area contributed by atoms with Crippen molar-refractivity contribution in [2.75, 3.05) is 5.73 Å². The van der Waals surface area contributed by atoms with Gasteiger partial charge in [-0.15, -0.1) is 0 Å². The predicted octanol–water partition coefficient (Wildman–Crippen LogP) is 2.54. The van der Waals surface area contributed by atoms with E-state index in [1.807, 2.05) is 0 Å². The van der Waals surface area contributed by atoms with Crippen molar-refractivity contribution in [3.8, 4) is 22.8 Å². The third kappa shape index (κ3) is 3.33. The fourth-order valence-corrected chi connectivity index (χ4v) is 3.21. The molecule has 0 radical (unpaired) electrons. The normalized spacial score (nSPS) is 11.3. The maximum absolute atomic E-state index is 12.2. The summed E-state index contributed by atoms with van der Waals surface area (Å²) < 4.78 is 34.6.